The van der Waals surface area contributed by atoms with Crippen molar-refractivity contribution >= 4 is 23.7 Å². The van der Waals surface area contributed by atoms with Gasteiger partial charge < -0.3 is 10.6 Å². The van der Waals surface area contributed by atoms with Crippen LogP contribution in [0, 0.1) is 0 Å². The largest absolute Gasteiger partial charge is 0.325 e. The number of hydrogen-bond donors (Lipinski definition) is 3. The van der Waals surface area contributed by atoms with E-state index in [0.717, 1.165) is 4.90 Å². The Balaban J connectivity index is 1.87. The quantitative estimate of drug-likeness (QED) is 0.669. The zero-order valence-electron chi connectivity index (χ0n) is 10.7. The van der Waals surface area contributed by atoms with Gasteiger partial charge in [-0.2, -0.15) is 5.10 Å². The Kier molecular flexibility index (Phi) is 3.24. The molecular weight excluding hydrogens is 250 g/mol. The number of H-pyrrole nitrogens is 1. The van der Waals surface area contributed by atoms with Gasteiger partial charge in [0.15, 0.2) is 0 Å². The molecule has 1 aliphatic rings. The minimum Gasteiger partial charge on any atom is -0.324 e. The van der Waals surface area contributed by atoms with Gasteiger partial charge in [-0.25, -0.2) is 4.79 Å². The van der Waals surface area contributed by atoms with Crippen molar-refractivity contribution in [1.82, 2.24) is 20.4 Å². The number of carbonyl (C=O) groups excluding carboxylic acids is 3. The molecule has 0 aliphatic carbocycles. The Labute approximate surface area is 109 Å². The van der Waals surface area contributed by atoms with Crippen molar-refractivity contribution in [3.05, 3.63) is 12.3 Å². The van der Waals surface area contributed by atoms with Gasteiger partial charge in [0.25, 0.3) is 5.91 Å². The van der Waals surface area contributed by atoms with Crippen LogP contribution in [-0.4, -0.2) is 45.0 Å². The number of rotatable bonds is 4. The Morgan fingerprint density at radius 3 is 2.74 bits per heavy atom. The summed E-state index contributed by atoms with van der Waals surface area (Å²) in [6.07, 6.45) is 1.55. The van der Waals surface area contributed by atoms with Crippen LogP contribution in [0.1, 0.15) is 20.3 Å². The number of aromatic nitrogens is 2. The minimum absolute atomic E-state index is 0.0360. The van der Waals surface area contributed by atoms with Gasteiger partial charge in [-0.15, -0.1) is 0 Å². The highest BCUT2D eigenvalue weighted by Crippen LogP contribution is 2.16. The Hall–Kier alpha value is -2.38. The van der Waals surface area contributed by atoms with Gasteiger partial charge in [-0.3, -0.25) is 19.6 Å². The molecule has 1 fully saturated rings. The molecule has 1 aromatic heterocycles. The zero-order chi connectivity index (χ0) is 14.0. The number of aromatic amines is 1. The molecule has 8 nitrogen and oxygen atoms in total. The summed E-state index contributed by atoms with van der Waals surface area (Å²) in [7, 11) is 0. The fourth-order valence-corrected chi connectivity index (χ4v) is 1.77. The Bertz CT molecular complexity index is 508. The summed E-state index contributed by atoms with van der Waals surface area (Å²) in [5, 5.41) is 11.4. The standard InChI is InChI=1S/C11H15N5O3/c1-11(2)9(18)16(10(19)14-11)6-4-8(17)13-7-3-5-12-15-7/h3,5H,4,6H2,1-2H3,(H,14,19)(H2,12,13,15,17). The molecule has 1 saturated heterocycles. The number of imide groups is 1. The normalized spacial score (nSPS) is 17.5. The third-order valence-corrected chi connectivity index (χ3v) is 2.78. The smallest absolute Gasteiger partial charge is 0.324 e. The van der Waals surface area contributed by atoms with Crippen molar-refractivity contribution in [2.24, 2.45) is 0 Å². The van der Waals surface area contributed by atoms with Crippen LogP contribution in [0.4, 0.5) is 10.6 Å². The molecular formula is C11H15N5O3. The van der Waals surface area contributed by atoms with E-state index in [1.54, 1.807) is 19.9 Å². The summed E-state index contributed by atoms with van der Waals surface area (Å²) < 4.78 is 0. The molecule has 8 heteroatoms. The lowest BCUT2D eigenvalue weighted by Gasteiger charge is -2.15. The number of nitrogens with zero attached hydrogens (tertiary/aromatic N) is 2. The topological polar surface area (TPSA) is 107 Å². The average Bonchev–Trinajstić information content (AvgIpc) is 2.86. The maximum atomic E-state index is 11.9. The molecule has 0 unspecified atom stereocenters. The molecule has 19 heavy (non-hydrogen) atoms. The molecule has 0 saturated carbocycles. The Morgan fingerprint density at radius 1 is 1.47 bits per heavy atom. The van der Waals surface area contributed by atoms with Crippen molar-refractivity contribution in [1.29, 1.82) is 0 Å². The lowest BCUT2D eigenvalue weighted by Crippen LogP contribution is -2.40. The van der Waals surface area contributed by atoms with E-state index >= 15 is 0 Å². The van der Waals surface area contributed by atoms with Crippen LogP contribution < -0.4 is 10.6 Å². The number of anilines is 1. The molecule has 0 aromatic carbocycles. The number of hydrogen-bond acceptors (Lipinski definition) is 4. The molecule has 4 amide bonds. The highest BCUT2D eigenvalue weighted by Gasteiger charge is 2.43. The number of nitrogens with one attached hydrogen (secondary N) is 3. The zero-order valence-corrected chi connectivity index (χ0v) is 10.7. The first-order valence-corrected chi connectivity index (χ1v) is 5.83. The van der Waals surface area contributed by atoms with Crippen LogP contribution in [0.15, 0.2) is 12.3 Å². The van der Waals surface area contributed by atoms with Gasteiger partial charge in [0.05, 0.1) is 6.20 Å². The van der Waals surface area contributed by atoms with Gasteiger partial charge in [-0.05, 0) is 13.8 Å². The molecule has 2 rings (SSSR count). The summed E-state index contributed by atoms with van der Waals surface area (Å²) in [5.74, 6) is -0.149. The van der Waals surface area contributed by atoms with Crippen molar-refractivity contribution in [3.8, 4) is 0 Å². The van der Waals surface area contributed by atoms with Crippen LogP contribution in [0.3, 0.4) is 0 Å². The van der Waals surface area contributed by atoms with Gasteiger partial charge in [-0.1, -0.05) is 0 Å². The SMILES string of the molecule is CC1(C)NC(=O)N(CCC(=O)Nc2ccn[nH]2)C1=O. The maximum Gasteiger partial charge on any atom is 0.325 e. The second kappa shape index (κ2) is 4.71. The van der Waals surface area contributed by atoms with E-state index in [9.17, 15) is 14.4 Å². The second-order valence-corrected chi connectivity index (χ2v) is 4.78. The van der Waals surface area contributed by atoms with Gasteiger partial charge >= 0.3 is 6.03 Å². The monoisotopic (exact) mass is 265 g/mol. The number of carbonyl (C=O) groups is 3. The second-order valence-electron chi connectivity index (χ2n) is 4.78. The molecule has 0 bridgehead atoms. The minimum atomic E-state index is -0.906. The maximum absolute atomic E-state index is 11.9. The summed E-state index contributed by atoms with van der Waals surface area (Å²) in [4.78, 5) is 36.1. The van der Waals surface area contributed by atoms with Gasteiger partial charge in [0.1, 0.15) is 11.4 Å². The summed E-state index contributed by atoms with van der Waals surface area (Å²) in [5.41, 5.74) is -0.906. The van der Waals surface area contributed by atoms with Crippen molar-refractivity contribution < 1.29 is 14.4 Å². The van der Waals surface area contributed by atoms with E-state index in [1.807, 2.05) is 0 Å². The van der Waals surface area contributed by atoms with Crippen molar-refractivity contribution in [2.45, 2.75) is 25.8 Å². The predicted octanol–water partition coefficient (Wildman–Crippen LogP) is 0.0687. The van der Waals surface area contributed by atoms with E-state index in [2.05, 4.69) is 20.8 Å². The number of urea groups is 1. The van der Waals surface area contributed by atoms with Crippen LogP contribution in [0.25, 0.3) is 0 Å². The highest BCUT2D eigenvalue weighted by molar-refractivity contribution is 6.06. The van der Waals surface area contributed by atoms with Gasteiger partial charge in [0.2, 0.25) is 5.91 Å². The van der Waals surface area contributed by atoms with Crippen LogP contribution in [-0.2, 0) is 9.59 Å². The van der Waals surface area contributed by atoms with E-state index in [4.69, 9.17) is 0 Å². The molecule has 1 aliphatic heterocycles. The molecule has 102 valence electrons. The van der Waals surface area contributed by atoms with E-state index in [1.165, 1.54) is 6.20 Å². The van der Waals surface area contributed by atoms with Crippen molar-refractivity contribution in [2.75, 3.05) is 11.9 Å². The lowest BCUT2D eigenvalue weighted by molar-refractivity contribution is -0.130. The van der Waals surface area contributed by atoms with E-state index < -0.39 is 11.6 Å². The number of amides is 4. The first kappa shape index (κ1) is 13.1. The first-order chi connectivity index (χ1) is 8.90. The summed E-state index contributed by atoms with van der Waals surface area (Å²) in [6.45, 7) is 3.30. The Morgan fingerprint density at radius 2 is 2.21 bits per heavy atom. The van der Waals surface area contributed by atoms with Crippen LogP contribution >= 0.6 is 0 Å². The fraction of sp³-hybridized carbons (Fsp3) is 0.455. The van der Waals surface area contributed by atoms with Gasteiger partial charge in [0, 0.05) is 19.0 Å². The predicted molar refractivity (Wildman–Crippen MR) is 66.2 cm³/mol. The summed E-state index contributed by atoms with van der Waals surface area (Å²) in [6, 6.07) is 1.14. The third kappa shape index (κ3) is 2.72. The average molecular weight is 265 g/mol. The summed E-state index contributed by atoms with van der Waals surface area (Å²) >= 11 is 0. The fourth-order valence-electron chi connectivity index (χ4n) is 1.77. The van der Waals surface area contributed by atoms with Crippen LogP contribution in [0.2, 0.25) is 0 Å². The molecule has 2 heterocycles. The molecule has 3 N–H and O–H groups in total. The molecule has 0 spiro atoms. The van der Waals surface area contributed by atoms with Crippen LogP contribution in [0.5, 0.6) is 0 Å². The third-order valence-electron chi connectivity index (χ3n) is 2.78. The molecule has 0 atom stereocenters. The first-order valence-electron chi connectivity index (χ1n) is 5.83. The highest BCUT2D eigenvalue weighted by atomic mass is 16.2. The van der Waals surface area contributed by atoms with E-state index in [0.29, 0.717) is 5.82 Å². The van der Waals surface area contributed by atoms with Crippen molar-refractivity contribution in [3.63, 3.8) is 0 Å². The van der Waals surface area contributed by atoms with E-state index in [-0.39, 0.29) is 24.8 Å². The molecule has 0 radical (unpaired) electrons. The molecule has 1 aromatic rings. The lowest BCUT2D eigenvalue weighted by atomic mass is 10.1.